The van der Waals surface area contributed by atoms with Gasteiger partial charge in [-0.05, 0) is 49.8 Å². The first-order valence-corrected chi connectivity index (χ1v) is 7.53. The molecule has 2 rings (SSSR count). The molecule has 21 heavy (non-hydrogen) atoms. The van der Waals surface area contributed by atoms with E-state index in [0.29, 0.717) is 5.92 Å². The quantitative estimate of drug-likeness (QED) is 0.456. The van der Waals surface area contributed by atoms with Gasteiger partial charge in [-0.3, -0.25) is 10.1 Å². The zero-order valence-electron chi connectivity index (χ0n) is 12.9. The summed E-state index contributed by atoms with van der Waals surface area (Å²) in [4.78, 5) is 10.4. The van der Waals surface area contributed by atoms with Crippen molar-refractivity contribution in [2.45, 2.75) is 52.2 Å². The molecule has 0 fully saturated rings. The Hall–Kier alpha value is -1.68. The van der Waals surface area contributed by atoms with E-state index in [9.17, 15) is 10.1 Å². The minimum atomic E-state index is -0.370. The van der Waals surface area contributed by atoms with Crippen molar-refractivity contribution in [3.8, 4) is 0 Å². The van der Waals surface area contributed by atoms with Crippen LogP contribution in [0, 0.1) is 16.0 Å². The zero-order chi connectivity index (χ0) is 15.4. The van der Waals surface area contributed by atoms with Crippen molar-refractivity contribution in [3.05, 3.63) is 51.6 Å². The summed E-state index contributed by atoms with van der Waals surface area (Å²) in [5, 5.41) is 10.7. The van der Waals surface area contributed by atoms with Crippen molar-refractivity contribution in [2.24, 2.45) is 5.92 Å². The molecule has 114 valence electrons. The number of nitro benzene ring substituents is 1. The van der Waals surface area contributed by atoms with Gasteiger partial charge in [-0.1, -0.05) is 25.5 Å². The van der Waals surface area contributed by atoms with Gasteiger partial charge in [-0.2, -0.15) is 0 Å². The molecule has 0 N–H and O–H groups in total. The highest BCUT2D eigenvalue weighted by atomic mass is 16.6. The average molecular weight is 289 g/mol. The molecular weight excluding hydrogens is 266 g/mol. The van der Waals surface area contributed by atoms with Crippen LogP contribution in [0.2, 0.25) is 0 Å². The number of non-ortho nitro benzene ring substituents is 1. The Morgan fingerprint density at radius 1 is 1.29 bits per heavy atom. The maximum atomic E-state index is 10.7. The summed E-state index contributed by atoms with van der Waals surface area (Å²) in [6.07, 6.45) is 5.43. The Kier molecular flexibility index (Phi) is 5.12. The highest BCUT2D eigenvalue weighted by molar-refractivity contribution is 5.34. The molecule has 0 spiro atoms. The van der Waals surface area contributed by atoms with Gasteiger partial charge in [0, 0.05) is 12.1 Å². The van der Waals surface area contributed by atoms with Crippen LogP contribution in [0.1, 0.15) is 51.7 Å². The van der Waals surface area contributed by atoms with Crippen LogP contribution < -0.4 is 0 Å². The highest BCUT2D eigenvalue weighted by Gasteiger charge is 2.23. The predicted molar refractivity (Wildman–Crippen MR) is 83.2 cm³/mol. The third kappa shape index (κ3) is 4.14. The van der Waals surface area contributed by atoms with E-state index < -0.39 is 0 Å². The summed E-state index contributed by atoms with van der Waals surface area (Å²) in [5.41, 5.74) is 2.46. The molecule has 1 aliphatic rings. The topological polar surface area (TPSA) is 52.4 Å². The van der Waals surface area contributed by atoms with Gasteiger partial charge < -0.3 is 4.74 Å². The number of benzene rings is 1. The second-order valence-corrected chi connectivity index (χ2v) is 6.09. The molecule has 0 saturated carbocycles. The van der Waals surface area contributed by atoms with Crippen LogP contribution in [0.25, 0.3) is 0 Å². The fourth-order valence-corrected chi connectivity index (χ4v) is 2.69. The predicted octanol–water partition coefficient (Wildman–Crippen LogP) is 4.81. The van der Waals surface area contributed by atoms with Crippen molar-refractivity contribution >= 4 is 5.69 Å². The first-order valence-electron chi connectivity index (χ1n) is 7.53. The minimum absolute atomic E-state index is 0.0187. The molecule has 0 saturated heterocycles. The van der Waals surface area contributed by atoms with E-state index in [1.807, 2.05) is 12.1 Å². The van der Waals surface area contributed by atoms with Crippen LogP contribution in [0.15, 0.2) is 35.9 Å². The van der Waals surface area contributed by atoms with Crippen molar-refractivity contribution in [1.29, 1.82) is 0 Å². The summed E-state index contributed by atoms with van der Waals surface area (Å²) in [6, 6.07) is 6.74. The van der Waals surface area contributed by atoms with Gasteiger partial charge in [0.1, 0.15) is 0 Å². The van der Waals surface area contributed by atoms with Gasteiger partial charge in [-0.25, -0.2) is 0 Å². The third-order valence-electron chi connectivity index (χ3n) is 4.01. The number of nitrogens with zero attached hydrogens (tertiary/aromatic N) is 1. The molecule has 0 aromatic heterocycles. The van der Waals surface area contributed by atoms with Crippen molar-refractivity contribution in [2.75, 3.05) is 0 Å². The molecule has 0 amide bonds. The molecule has 1 aliphatic heterocycles. The Morgan fingerprint density at radius 3 is 2.52 bits per heavy atom. The number of nitro groups is 1. The van der Waals surface area contributed by atoms with E-state index in [1.54, 1.807) is 12.1 Å². The number of hydrogen-bond donors (Lipinski definition) is 0. The third-order valence-corrected chi connectivity index (χ3v) is 4.01. The molecule has 4 nitrogen and oxygen atoms in total. The molecular formula is C17H23NO3. The molecule has 0 aliphatic carbocycles. The lowest BCUT2D eigenvalue weighted by Crippen LogP contribution is -2.24. The lowest BCUT2D eigenvalue weighted by molar-refractivity contribution is -0.384. The molecule has 4 heteroatoms. The zero-order valence-corrected chi connectivity index (χ0v) is 12.9. The van der Waals surface area contributed by atoms with E-state index in [2.05, 4.69) is 26.8 Å². The molecule has 0 radical (unpaired) electrons. The van der Waals surface area contributed by atoms with Crippen LogP contribution in [0.4, 0.5) is 5.69 Å². The Morgan fingerprint density at radius 2 is 1.95 bits per heavy atom. The van der Waals surface area contributed by atoms with Gasteiger partial charge in [-0.15, -0.1) is 0 Å². The highest BCUT2D eigenvalue weighted by Crippen LogP contribution is 2.32. The summed E-state index contributed by atoms with van der Waals surface area (Å²) in [6.45, 7) is 6.48. The molecule has 1 aromatic rings. The van der Waals surface area contributed by atoms with Crippen molar-refractivity contribution in [1.82, 2.24) is 0 Å². The number of allylic oxidation sites excluding steroid dienone is 1. The largest absolute Gasteiger partial charge is 0.370 e. The van der Waals surface area contributed by atoms with Crippen molar-refractivity contribution in [3.63, 3.8) is 0 Å². The normalized spacial score (nSPS) is 25.8. The molecule has 0 unspecified atom stereocenters. The SMILES string of the molecule is C/C1=C/CC[C@H](C(C)C)O[C@H](c2ccc([N+](=O)[O-])cc2)C1. The fourth-order valence-electron chi connectivity index (χ4n) is 2.69. The second-order valence-electron chi connectivity index (χ2n) is 6.09. The van der Waals surface area contributed by atoms with Gasteiger partial charge in [0.05, 0.1) is 17.1 Å². The van der Waals surface area contributed by atoms with E-state index in [1.165, 1.54) is 5.57 Å². The van der Waals surface area contributed by atoms with Crippen LogP contribution in [0.5, 0.6) is 0 Å². The molecule has 0 bridgehead atoms. The molecule has 1 heterocycles. The van der Waals surface area contributed by atoms with Crippen LogP contribution in [0.3, 0.4) is 0 Å². The molecule has 2 atom stereocenters. The lowest BCUT2D eigenvalue weighted by atomic mass is 9.95. The van der Waals surface area contributed by atoms with Crippen LogP contribution in [-0.4, -0.2) is 11.0 Å². The van der Waals surface area contributed by atoms with Crippen LogP contribution in [-0.2, 0) is 4.74 Å². The van der Waals surface area contributed by atoms with Gasteiger partial charge in [0.25, 0.3) is 5.69 Å². The number of ether oxygens (including phenoxy) is 1. The van der Waals surface area contributed by atoms with Crippen molar-refractivity contribution < 1.29 is 9.66 Å². The fraction of sp³-hybridized carbons (Fsp3) is 0.529. The number of rotatable bonds is 3. The smallest absolute Gasteiger partial charge is 0.269 e. The maximum Gasteiger partial charge on any atom is 0.269 e. The Balaban J connectivity index is 2.22. The monoisotopic (exact) mass is 289 g/mol. The summed E-state index contributed by atoms with van der Waals surface area (Å²) in [5.74, 6) is 0.470. The summed E-state index contributed by atoms with van der Waals surface area (Å²) >= 11 is 0. The standard InChI is InChI=1S/C17H23NO3/c1-12(2)16-6-4-5-13(3)11-17(21-16)14-7-9-15(10-8-14)18(19)20/h5,7-10,12,16-17H,4,6,11H2,1-3H3/b13-5-/t16-,17+/m1/s1. The average Bonchev–Trinajstić information content (AvgIpc) is 2.42. The Labute approximate surface area is 126 Å². The van der Waals surface area contributed by atoms with Gasteiger partial charge >= 0.3 is 0 Å². The van der Waals surface area contributed by atoms with Gasteiger partial charge in [0.15, 0.2) is 0 Å². The van der Waals surface area contributed by atoms with E-state index in [4.69, 9.17) is 4.74 Å². The molecule has 1 aromatic carbocycles. The first kappa shape index (κ1) is 15.7. The number of hydrogen-bond acceptors (Lipinski definition) is 3. The van der Waals surface area contributed by atoms with E-state index >= 15 is 0 Å². The summed E-state index contributed by atoms with van der Waals surface area (Å²) < 4.78 is 6.30. The first-order chi connectivity index (χ1) is 9.97. The van der Waals surface area contributed by atoms with Gasteiger partial charge in [0.2, 0.25) is 0 Å². The minimum Gasteiger partial charge on any atom is -0.370 e. The second kappa shape index (κ2) is 6.85. The van der Waals surface area contributed by atoms with E-state index in [-0.39, 0.29) is 22.8 Å². The lowest BCUT2D eigenvalue weighted by Gasteiger charge is -2.30. The van der Waals surface area contributed by atoms with Crippen LogP contribution >= 0.6 is 0 Å². The summed E-state index contributed by atoms with van der Waals surface area (Å²) in [7, 11) is 0. The Bertz CT molecular complexity index is 519. The van der Waals surface area contributed by atoms with E-state index in [0.717, 1.165) is 24.8 Å². The maximum absolute atomic E-state index is 10.7.